The Morgan fingerprint density at radius 3 is 2.48 bits per heavy atom. The van der Waals surface area contributed by atoms with Crippen LogP contribution in [0.5, 0.6) is 0 Å². The fourth-order valence-electron chi connectivity index (χ4n) is 1.76. The van der Waals surface area contributed by atoms with E-state index in [0.717, 1.165) is 5.56 Å². The van der Waals surface area contributed by atoms with Gasteiger partial charge in [-0.3, -0.25) is 0 Å². The van der Waals surface area contributed by atoms with E-state index in [2.05, 4.69) is 5.32 Å². The summed E-state index contributed by atoms with van der Waals surface area (Å²) >= 11 is 5.77. The second-order valence-corrected chi connectivity index (χ2v) is 4.95. The highest BCUT2D eigenvalue weighted by Gasteiger charge is 2.10. The van der Waals surface area contributed by atoms with E-state index in [1.165, 1.54) is 0 Å². The molecule has 0 heterocycles. The van der Waals surface area contributed by atoms with Gasteiger partial charge in [-0.05, 0) is 23.3 Å². The number of alkyl carbamates (subject to hydrolysis) is 1. The van der Waals surface area contributed by atoms with Crippen molar-refractivity contribution in [3.8, 4) is 0 Å². The molecule has 0 aliphatic carbocycles. The van der Waals surface area contributed by atoms with Crippen molar-refractivity contribution in [3.05, 3.63) is 70.7 Å². The van der Waals surface area contributed by atoms with E-state index in [4.69, 9.17) is 16.3 Å². The summed E-state index contributed by atoms with van der Waals surface area (Å²) in [7, 11) is 0. The molecule has 0 radical (unpaired) electrons. The fraction of sp³-hybridized carbons (Fsp3) is 0.188. The normalized spacial score (nSPS) is 11.7. The first-order valence-electron chi connectivity index (χ1n) is 6.53. The molecule has 2 aromatic rings. The lowest BCUT2D eigenvalue weighted by Crippen LogP contribution is -2.28. The molecule has 0 aliphatic heterocycles. The van der Waals surface area contributed by atoms with Gasteiger partial charge < -0.3 is 15.2 Å². The number of hydrogen-bond acceptors (Lipinski definition) is 3. The van der Waals surface area contributed by atoms with Crippen molar-refractivity contribution in [3.63, 3.8) is 0 Å². The Labute approximate surface area is 128 Å². The molecule has 21 heavy (non-hydrogen) atoms. The van der Waals surface area contributed by atoms with Gasteiger partial charge in [0.05, 0.1) is 12.6 Å². The molecule has 5 heteroatoms. The Balaban J connectivity index is 1.74. The number of hydrogen-bond donors (Lipinski definition) is 2. The Hall–Kier alpha value is -2.04. The van der Waals surface area contributed by atoms with Gasteiger partial charge >= 0.3 is 6.09 Å². The smallest absolute Gasteiger partial charge is 0.407 e. The summed E-state index contributed by atoms with van der Waals surface area (Å²) in [5, 5.41) is 13.1. The summed E-state index contributed by atoms with van der Waals surface area (Å²) in [4.78, 5) is 11.5. The van der Waals surface area contributed by atoms with Crippen LogP contribution in [-0.4, -0.2) is 17.7 Å². The van der Waals surface area contributed by atoms with Gasteiger partial charge in [0.1, 0.15) is 6.61 Å². The number of nitrogens with one attached hydrogen (secondary N) is 1. The molecule has 0 saturated heterocycles. The maximum Gasteiger partial charge on any atom is 0.407 e. The highest BCUT2D eigenvalue weighted by Crippen LogP contribution is 2.15. The third kappa shape index (κ3) is 5.10. The molecule has 2 aromatic carbocycles. The molecule has 2 N–H and O–H groups in total. The second kappa shape index (κ2) is 7.67. The van der Waals surface area contributed by atoms with Crippen LogP contribution in [0.25, 0.3) is 0 Å². The molecule has 4 nitrogen and oxygen atoms in total. The first-order valence-corrected chi connectivity index (χ1v) is 6.91. The van der Waals surface area contributed by atoms with Crippen molar-refractivity contribution in [1.29, 1.82) is 0 Å². The Bertz CT molecular complexity index is 572. The third-order valence-electron chi connectivity index (χ3n) is 2.91. The van der Waals surface area contributed by atoms with Crippen LogP contribution in [0.3, 0.4) is 0 Å². The molecule has 2 rings (SSSR count). The second-order valence-electron chi connectivity index (χ2n) is 4.51. The van der Waals surface area contributed by atoms with Crippen LogP contribution in [0.4, 0.5) is 4.79 Å². The number of rotatable bonds is 5. The maximum atomic E-state index is 11.5. The molecule has 1 unspecified atom stereocenters. The minimum absolute atomic E-state index is 0.0786. The number of amides is 1. The van der Waals surface area contributed by atoms with Crippen LogP contribution in [0.15, 0.2) is 54.6 Å². The molecule has 0 fully saturated rings. The van der Waals surface area contributed by atoms with Crippen LogP contribution in [0.2, 0.25) is 5.02 Å². The topological polar surface area (TPSA) is 58.6 Å². The summed E-state index contributed by atoms with van der Waals surface area (Å²) in [6.07, 6.45) is -1.36. The van der Waals surface area contributed by atoms with E-state index in [1.54, 1.807) is 24.3 Å². The number of halogens is 1. The van der Waals surface area contributed by atoms with E-state index in [0.29, 0.717) is 10.6 Å². The molecule has 0 bridgehead atoms. The zero-order valence-corrected chi connectivity index (χ0v) is 12.1. The van der Waals surface area contributed by atoms with Crippen LogP contribution in [0.1, 0.15) is 17.2 Å². The minimum atomic E-state index is -0.799. The average molecular weight is 306 g/mol. The Kier molecular flexibility index (Phi) is 5.60. The van der Waals surface area contributed by atoms with E-state index < -0.39 is 12.2 Å². The zero-order chi connectivity index (χ0) is 15.1. The van der Waals surface area contributed by atoms with Crippen molar-refractivity contribution in [1.82, 2.24) is 5.32 Å². The summed E-state index contributed by atoms with van der Waals surface area (Å²) in [6, 6.07) is 16.2. The van der Waals surface area contributed by atoms with Gasteiger partial charge in [0.15, 0.2) is 0 Å². The number of benzene rings is 2. The van der Waals surface area contributed by atoms with Crippen LogP contribution in [-0.2, 0) is 11.3 Å². The largest absolute Gasteiger partial charge is 0.445 e. The van der Waals surface area contributed by atoms with Crippen molar-refractivity contribution in [2.45, 2.75) is 12.7 Å². The van der Waals surface area contributed by atoms with Gasteiger partial charge in [0.2, 0.25) is 0 Å². The van der Waals surface area contributed by atoms with E-state index in [-0.39, 0.29) is 13.2 Å². The predicted octanol–water partition coefficient (Wildman–Crippen LogP) is 3.30. The molecule has 0 saturated carbocycles. The number of carbonyl (C=O) groups is 1. The van der Waals surface area contributed by atoms with Crippen molar-refractivity contribution >= 4 is 17.7 Å². The lowest BCUT2D eigenvalue weighted by atomic mass is 10.1. The molecule has 110 valence electrons. The van der Waals surface area contributed by atoms with Crippen molar-refractivity contribution in [2.75, 3.05) is 6.54 Å². The predicted molar refractivity (Wildman–Crippen MR) is 81.0 cm³/mol. The molecule has 1 amide bonds. The summed E-state index contributed by atoms with van der Waals surface area (Å²) < 4.78 is 5.05. The minimum Gasteiger partial charge on any atom is -0.445 e. The van der Waals surface area contributed by atoms with Crippen molar-refractivity contribution < 1.29 is 14.6 Å². The molecule has 1 atom stereocenters. The fourth-order valence-corrected chi connectivity index (χ4v) is 1.88. The molecular weight excluding hydrogens is 290 g/mol. The average Bonchev–Trinajstić information content (AvgIpc) is 2.52. The molecule has 0 spiro atoms. The summed E-state index contributed by atoms with van der Waals surface area (Å²) in [5.41, 5.74) is 1.59. The highest BCUT2D eigenvalue weighted by molar-refractivity contribution is 6.30. The van der Waals surface area contributed by atoms with Gasteiger partial charge in [-0.1, -0.05) is 54.1 Å². The monoisotopic (exact) mass is 305 g/mol. The van der Waals surface area contributed by atoms with Crippen molar-refractivity contribution in [2.24, 2.45) is 0 Å². The van der Waals surface area contributed by atoms with E-state index >= 15 is 0 Å². The summed E-state index contributed by atoms with van der Waals surface area (Å²) in [5.74, 6) is 0. The summed E-state index contributed by atoms with van der Waals surface area (Å²) in [6.45, 7) is 0.277. The van der Waals surface area contributed by atoms with Gasteiger partial charge in [-0.2, -0.15) is 0 Å². The first kappa shape index (κ1) is 15.4. The zero-order valence-electron chi connectivity index (χ0n) is 11.3. The van der Waals surface area contributed by atoms with Crippen LogP contribution < -0.4 is 5.32 Å². The lowest BCUT2D eigenvalue weighted by Gasteiger charge is -2.12. The van der Waals surface area contributed by atoms with E-state index in [9.17, 15) is 9.90 Å². The molecule has 0 aromatic heterocycles. The lowest BCUT2D eigenvalue weighted by molar-refractivity contribution is 0.126. The van der Waals surface area contributed by atoms with Gasteiger partial charge in [0, 0.05) is 5.02 Å². The standard InChI is InChI=1S/C16H16ClNO3/c17-14-8-6-13(7-9-14)15(19)10-18-16(20)21-11-12-4-2-1-3-5-12/h1-9,15,19H,10-11H2,(H,18,20). The third-order valence-corrected chi connectivity index (χ3v) is 3.16. The number of carbonyl (C=O) groups excluding carboxylic acids is 1. The van der Waals surface area contributed by atoms with Gasteiger partial charge in [-0.25, -0.2) is 4.79 Å². The van der Waals surface area contributed by atoms with Gasteiger partial charge in [0.25, 0.3) is 0 Å². The molecular formula is C16H16ClNO3. The van der Waals surface area contributed by atoms with Gasteiger partial charge in [-0.15, -0.1) is 0 Å². The van der Waals surface area contributed by atoms with E-state index in [1.807, 2.05) is 30.3 Å². The number of aliphatic hydroxyl groups excluding tert-OH is 1. The Morgan fingerprint density at radius 2 is 1.81 bits per heavy atom. The van der Waals surface area contributed by atoms with Crippen LogP contribution in [0, 0.1) is 0 Å². The van der Waals surface area contributed by atoms with Crippen LogP contribution >= 0.6 is 11.6 Å². The Morgan fingerprint density at radius 1 is 1.14 bits per heavy atom. The first-order chi connectivity index (χ1) is 10.1. The quantitative estimate of drug-likeness (QED) is 0.891. The maximum absolute atomic E-state index is 11.5. The SMILES string of the molecule is O=C(NCC(O)c1ccc(Cl)cc1)OCc1ccccc1. The highest BCUT2D eigenvalue weighted by atomic mass is 35.5. The number of ether oxygens (including phenoxy) is 1. The molecule has 0 aliphatic rings. The number of aliphatic hydroxyl groups is 1.